The molecule has 176 valence electrons. The lowest BCUT2D eigenvalue weighted by molar-refractivity contribution is 0.143. The second kappa shape index (κ2) is 10.8. The fourth-order valence-corrected chi connectivity index (χ4v) is 4.06. The standard InChI is InChI=1S/C28H27N5O2/c34-28(31-27-20-29-14-15-30-27)33-18-16-32(17-19-33)21-22-6-10-25(11-7-22)35-26-12-8-24(9-13-26)23-4-2-1-3-5-23/h1-15,20H,16-19,21H2,(H,30,31,34). The molecule has 2 amide bonds. The molecule has 35 heavy (non-hydrogen) atoms. The van der Waals surface area contributed by atoms with Crippen molar-refractivity contribution < 1.29 is 9.53 Å². The van der Waals surface area contributed by atoms with Crippen molar-refractivity contribution in [2.75, 3.05) is 31.5 Å². The molecule has 0 spiro atoms. The Labute approximate surface area is 205 Å². The third-order valence-electron chi connectivity index (χ3n) is 5.98. The summed E-state index contributed by atoms with van der Waals surface area (Å²) in [4.78, 5) is 24.7. The van der Waals surface area contributed by atoms with Gasteiger partial charge < -0.3 is 9.64 Å². The van der Waals surface area contributed by atoms with E-state index in [4.69, 9.17) is 4.74 Å². The normalized spacial score (nSPS) is 13.9. The highest BCUT2D eigenvalue weighted by molar-refractivity contribution is 5.88. The Bertz CT molecular complexity index is 1220. The summed E-state index contributed by atoms with van der Waals surface area (Å²) >= 11 is 0. The van der Waals surface area contributed by atoms with Crippen LogP contribution in [0.3, 0.4) is 0 Å². The number of benzene rings is 3. The predicted octanol–water partition coefficient (Wildman–Crippen LogP) is 5.29. The van der Waals surface area contributed by atoms with Crippen LogP contribution >= 0.6 is 0 Å². The first-order valence-corrected chi connectivity index (χ1v) is 11.7. The van der Waals surface area contributed by atoms with Crippen LogP contribution in [0.15, 0.2) is 97.5 Å². The summed E-state index contributed by atoms with van der Waals surface area (Å²) in [5, 5.41) is 2.79. The van der Waals surface area contributed by atoms with E-state index in [0.717, 1.165) is 31.1 Å². The minimum Gasteiger partial charge on any atom is -0.457 e. The maximum Gasteiger partial charge on any atom is 0.323 e. The quantitative estimate of drug-likeness (QED) is 0.419. The SMILES string of the molecule is O=C(Nc1cnccn1)N1CCN(Cc2ccc(Oc3ccc(-c4ccccc4)cc3)cc2)CC1. The van der Waals surface area contributed by atoms with Gasteiger partial charge >= 0.3 is 6.03 Å². The lowest BCUT2D eigenvalue weighted by Crippen LogP contribution is -2.49. The fraction of sp³-hybridized carbons (Fsp3) is 0.179. The molecule has 0 atom stereocenters. The largest absolute Gasteiger partial charge is 0.457 e. The Morgan fingerprint density at radius 3 is 2.11 bits per heavy atom. The number of carbonyl (C=O) groups excluding carboxylic acids is 1. The van der Waals surface area contributed by atoms with Gasteiger partial charge in [0.2, 0.25) is 0 Å². The van der Waals surface area contributed by atoms with Gasteiger partial charge in [-0.25, -0.2) is 9.78 Å². The molecular weight excluding hydrogens is 438 g/mol. The van der Waals surface area contributed by atoms with Gasteiger partial charge in [-0.3, -0.25) is 15.2 Å². The molecule has 7 heteroatoms. The number of carbonyl (C=O) groups is 1. The monoisotopic (exact) mass is 465 g/mol. The van der Waals surface area contributed by atoms with E-state index in [9.17, 15) is 4.79 Å². The van der Waals surface area contributed by atoms with Gasteiger partial charge in [-0.2, -0.15) is 0 Å². The Balaban J connectivity index is 1.10. The number of rotatable bonds is 6. The lowest BCUT2D eigenvalue weighted by atomic mass is 10.1. The summed E-state index contributed by atoms with van der Waals surface area (Å²) in [6.45, 7) is 3.82. The Morgan fingerprint density at radius 2 is 1.46 bits per heavy atom. The van der Waals surface area contributed by atoms with Crippen LogP contribution in [0.4, 0.5) is 10.6 Å². The number of hydrogen-bond acceptors (Lipinski definition) is 5. The van der Waals surface area contributed by atoms with Gasteiger partial charge in [-0.05, 0) is 41.0 Å². The molecule has 1 aromatic heterocycles. The Morgan fingerprint density at radius 1 is 0.800 bits per heavy atom. The molecule has 1 N–H and O–H groups in total. The van der Waals surface area contributed by atoms with Gasteiger partial charge in [0.1, 0.15) is 11.5 Å². The van der Waals surface area contributed by atoms with E-state index < -0.39 is 0 Å². The van der Waals surface area contributed by atoms with Crippen LogP contribution in [-0.4, -0.2) is 52.0 Å². The zero-order chi connectivity index (χ0) is 23.9. The first-order chi connectivity index (χ1) is 17.2. The van der Waals surface area contributed by atoms with Gasteiger partial charge in [-0.1, -0.05) is 54.6 Å². The highest BCUT2D eigenvalue weighted by Crippen LogP contribution is 2.26. The summed E-state index contributed by atoms with van der Waals surface area (Å²) in [5.74, 6) is 2.09. The van der Waals surface area contributed by atoms with Crippen molar-refractivity contribution in [2.45, 2.75) is 6.54 Å². The van der Waals surface area contributed by atoms with E-state index in [2.05, 4.69) is 56.6 Å². The molecule has 7 nitrogen and oxygen atoms in total. The molecule has 1 saturated heterocycles. The van der Waals surface area contributed by atoms with Crippen LogP contribution < -0.4 is 10.1 Å². The van der Waals surface area contributed by atoms with E-state index in [-0.39, 0.29) is 6.03 Å². The van der Waals surface area contributed by atoms with Crippen LogP contribution in [0, 0.1) is 0 Å². The topological polar surface area (TPSA) is 70.6 Å². The van der Waals surface area contributed by atoms with Crippen LogP contribution in [-0.2, 0) is 6.54 Å². The van der Waals surface area contributed by atoms with E-state index in [1.807, 2.05) is 47.4 Å². The smallest absolute Gasteiger partial charge is 0.323 e. The van der Waals surface area contributed by atoms with Gasteiger partial charge in [0, 0.05) is 45.1 Å². The second-order valence-electron chi connectivity index (χ2n) is 8.42. The zero-order valence-electron chi connectivity index (χ0n) is 19.4. The average molecular weight is 466 g/mol. The third-order valence-corrected chi connectivity index (χ3v) is 5.98. The number of anilines is 1. The average Bonchev–Trinajstić information content (AvgIpc) is 2.92. The van der Waals surface area contributed by atoms with E-state index in [1.54, 1.807) is 18.6 Å². The molecule has 0 saturated carbocycles. The molecule has 1 fully saturated rings. The molecule has 4 aromatic rings. The van der Waals surface area contributed by atoms with Crippen LogP contribution in [0.5, 0.6) is 11.5 Å². The number of nitrogens with zero attached hydrogens (tertiary/aromatic N) is 4. The molecule has 5 rings (SSSR count). The summed E-state index contributed by atoms with van der Waals surface area (Å²) in [6.07, 6.45) is 4.68. The third kappa shape index (κ3) is 6.02. The zero-order valence-corrected chi connectivity index (χ0v) is 19.4. The first-order valence-electron chi connectivity index (χ1n) is 11.7. The maximum absolute atomic E-state index is 12.4. The minimum absolute atomic E-state index is 0.136. The van der Waals surface area contributed by atoms with Gasteiger partial charge in [0.05, 0.1) is 6.20 Å². The van der Waals surface area contributed by atoms with E-state index in [0.29, 0.717) is 18.9 Å². The number of aromatic nitrogens is 2. The first kappa shape index (κ1) is 22.6. The van der Waals surface area contributed by atoms with Crippen molar-refractivity contribution in [1.29, 1.82) is 0 Å². The van der Waals surface area contributed by atoms with Crippen molar-refractivity contribution in [3.05, 3.63) is 103 Å². The number of nitrogens with one attached hydrogen (secondary N) is 1. The number of urea groups is 1. The molecule has 3 aromatic carbocycles. The van der Waals surface area contributed by atoms with Crippen LogP contribution in [0.1, 0.15) is 5.56 Å². The molecule has 2 heterocycles. The number of amides is 2. The van der Waals surface area contributed by atoms with Gasteiger partial charge in [0.15, 0.2) is 5.82 Å². The van der Waals surface area contributed by atoms with E-state index >= 15 is 0 Å². The van der Waals surface area contributed by atoms with Crippen molar-refractivity contribution in [1.82, 2.24) is 19.8 Å². The summed E-state index contributed by atoms with van der Waals surface area (Å²) in [7, 11) is 0. The Kier molecular flexibility index (Phi) is 6.96. The predicted molar refractivity (Wildman–Crippen MR) is 136 cm³/mol. The van der Waals surface area contributed by atoms with E-state index in [1.165, 1.54) is 16.7 Å². The van der Waals surface area contributed by atoms with Crippen molar-refractivity contribution in [2.24, 2.45) is 0 Å². The fourth-order valence-electron chi connectivity index (χ4n) is 4.06. The van der Waals surface area contributed by atoms with Gasteiger partial charge in [-0.15, -0.1) is 0 Å². The van der Waals surface area contributed by atoms with Crippen molar-refractivity contribution >= 4 is 11.8 Å². The Hall–Kier alpha value is -4.23. The molecule has 0 unspecified atom stereocenters. The lowest BCUT2D eigenvalue weighted by Gasteiger charge is -2.34. The summed E-state index contributed by atoms with van der Waals surface area (Å²) in [6, 6.07) is 26.5. The highest BCUT2D eigenvalue weighted by Gasteiger charge is 2.21. The summed E-state index contributed by atoms with van der Waals surface area (Å²) in [5.41, 5.74) is 3.57. The van der Waals surface area contributed by atoms with Crippen molar-refractivity contribution in [3.63, 3.8) is 0 Å². The number of hydrogen-bond donors (Lipinski definition) is 1. The second-order valence-corrected chi connectivity index (χ2v) is 8.42. The maximum atomic E-state index is 12.4. The van der Waals surface area contributed by atoms with Crippen LogP contribution in [0.2, 0.25) is 0 Å². The van der Waals surface area contributed by atoms with Crippen LogP contribution in [0.25, 0.3) is 11.1 Å². The molecule has 0 aliphatic carbocycles. The molecule has 1 aliphatic heterocycles. The van der Waals surface area contributed by atoms with Gasteiger partial charge in [0.25, 0.3) is 0 Å². The van der Waals surface area contributed by atoms with Crippen molar-refractivity contribution in [3.8, 4) is 22.6 Å². The summed E-state index contributed by atoms with van der Waals surface area (Å²) < 4.78 is 6.03. The molecule has 1 aliphatic rings. The molecular formula is C28H27N5O2. The number of ether oxygens (including phenoxy) is 1. The molecule has 0 bridgehead atoms. The number of piperazine rings is 1. The highest BCUT2D eigenvalue weighted by atomic mass is 16.5. The molecule has 0 radical (unpaired) electrons. The minimum atomic E-state index is -0.136.